The van der Waals surface area contributed by atoms with E-state index in [0.29, 0.717) is 0 Å². The molecule has 1 aromatic heterocycles. The van der Waals surface area contributed by atoms with E-state index in [1.165, 1.54) is 22.3 Å². The Balaban J connectivity index is 0.000000186. The molecule has 0 aliphatic heterocycles. The second-order valence-corrected chi connectivity index (χ2v) is 9.29. The van der Waals surface area contributed by atoms with Crippen LogP contribution in [0.15, 0.2) is 42.7 Å². The van der Waals surface area contributed by atoms with Crippen molar-refractivity contribution in [3.63, 3.8) is 0 Å². The van der Waals surface area contributed by atoms with Crippen LogP contribution in [0.5, 0.6) is 0 Å². The topological polar surface area (TPSA) is 13.1 Å². The van der Waals surface area contributed by atoms with E-state index in [-0.39, 0.29) is 0 Å². The van der Waals surface area contributed by atoms with Crippen LogP contribution in [0.1, 0.15) is 12.8 Å². The summed E-state index contributed by atoms with van der Waals surface area (Å²) in [7, 11) is 2.04. The van der Waals surface area contributed by atoms with Crippen LogP contribution in [0.25, 0.3) is 5.69 Å². The van der Waals surface area contributed by atoms with Crippen LogP contribution in [0.3, 0.4) is 0 Å². The van der Waals surface area contributed by atoms with Gasteiger partial charge in [0.2, 0.25) is 0 Å². The first kappa shape index (κ1) is 15.9. The number of hydrogen-bond donors (Lipinski definition) is 0. The number of para-hydroxylation sites is 1. The molecule has 3 nitrogen and oxygen atoms in total. The van der Waals surface area contributed by atoms with Gasteiger partial charge in [0.05, 0.1) is 0 Å². The molecule has 0 amide bonds. The van der Waals surface area contributed by atoms with Crippen LogP contribution in [-0.2, 0) is 26.4 Å². The molecular formula is C13H15I2N3Pt. The van der Waals surface area contributed by atoms with Crippen LogP contribution in [0, 0.1) is 3.80 Å². The maximum absolute atomic E-state index is 2.31. The molecule has 1 aliphatic carbocycles. The molecule has 0 saturated heterocycles. The first-order valence-electron chi connectivity index (χ1n) is 5.95. The first-order chi connectivity index (χ1) is 9.09. The van der Waals surface area contributed by atoms with Crippen molar-refractivity contribution in [2.24, 2.45) is 7.05 Å². The summed E-state index contributed by atoms with van der Waals surface area (Å²) in [4.78, 5) is 0. The molecular weight excluding hydrogens is 647 g/mol. The third-order valence-electron chi connectivity index (χ3n) is 2.75. The van der Waals surface area contributed by atoms with E-state index >= 15 is 0 Å². The van der Waals surface area contributed by atoms with Gasteiger partial charge in [-0.15, -0.1) is 0 Å². The Morgan fingerprint density at radius 1 is 1.16 bits per heavy atom. The number of hydrogen-bond acceptors (Lipinski definition) is 1. The molecule has 0 unspecified atom stereocenters. The summed E-state index contributed by atoms with van der Waals surface area (Å²) in [5, 5.41) is 0. The minimum atomic E-state index is 0.909. The maximum atomic E-state index is 2.31. The second kappa shape index (κ2) is 7.52. The Morgan fingerprint density at radius 2 is 1.79 bits per heavy atom. The standard InChI is InChI=1S/C10H10N2.C3H5I2N.Pt/c1-11-7-8-12(9-11)10-5-3-2-4-6-10;4-6(5)3-1-2-3;/h2-8H,1H3;3H,1-2H2;. The Kier molecular flexibility index (Phi) is 6.30. The van der Waals surface area contributed by atoms with Gasteiger partial charge in [-0.2, -0.15) is 1.33 Å². The first-order valence-corrected chi connectivity index (χ1v) is 9.02. The van der Waals surface area contributed by atoms with Gasteiger partial charge in [-0.25, -0.2) is 0 Å². The third kappa shape index (κ3) is 4.79. The fourth-order valence-corrected chi connectivity index (χ4v) is 3.24. The molecule has 0 radical (unpaired) electrons. The minimum absolute atomic E-state index is 0.909. The fraction of sp³-hybridized carbons (Fsp3) is 0.308. The van der Waals surface area contributed by atoms with Crippen molar-refractivity contribution >= 4 is 45.7 Å². The molecule has 1 aromatic carbocycles. The summed E-state index contributed by atoms with van der Waals surface area (Å²) in [5.74, 6) is 0. The van der Waals surface area contributed by atoms with E-state index in [1.807, 2.05) is 25.2 Å². The molecule has 0 bridgehead atoms. The van der Waals surface area contributed by atoms with Gasteiger partial charge in [-0.3, -0.25) is 0 Å². The third-order valence-corrected chi connectivity index (χ3v) is 5.67. The molecule has 1 heterocycles. The van der Waals surface area contributed by atoms with Crippen molar-refractivity contribution in [3.05, 3.63) is 46.5 Å². The second-order valence-electron chi connectivity index (χ2n) is 4.35. The average molecular weight is 662 g/mol. The van der Waals surface area contributed by atoms with Crippen LogP contribution >= 0.6 is 45.7 Å². The van der Waals surface area contributed by atoms with Gasteiger partial charge in [0.1, 0.15) is 0 Å². The van der Waals surface area contributed by atoms with Gasteiger partial charge in [0, 0.05) is 51.8 Å². The normalized spacial score (nSPS) is 14.2. The number of rotatable bonds is 2. The van der Waals surface area contributed by atoms with Gasteiger partial charge in [-0.05, 0) is 12.8 Å². The van der Waals surface area contributed by atoms with Crippen molar-refractivity contribution in [1.82, 2.24) is 10.5 Å². The Labute approximate surface area is 152 Å². The van der Waals surface area contributed by atoms with E-state index < -0.39 is 0 Å². The zero-order chi connectivity index (χ0) is 13.8. The number of imidazole rings is 1. The van der Waals surface area contributed by atoms with Gasteiger partial charge >= 0.3 is 87.8 Å². The molecule has 19 heavy (non-hydrogen) atoms. The van der Waals surface area contributed by atoms with Crippen LogP contribution in [0.4, 0.5) is 0 Å². The maximum Gasteiger partial charge on any atom is 0.0311 e. The molecule has 6 heteroatoms. The zero-order valence-electron chi connectivity index (χ0n) is 10.4. The van der Waals surface area contributed by atoms with E-state index in [4.69, 9.17) is 0 Å². The number of benzene rings is 1. The van der Waals surface area contributed by atoms with Gasteiger partial charge in [-0.1, -0.05) is 0 Å². The summed E-state index contributed by atoms with van der Waals surface area (Å²) in [5.41, 5.74) is 1.20. The summed E-state index contributed by atoms with van der Waals surface area (Å²) in [6.45, 7) is 0. The van der Waals surface area contributed by atoms with E-state index in [0.717, 1.165) is 6.04 Å². The quantitative estimate of drug-likeness (QED) is 0.350. The molecule has 106 valence electrons. The van der Waals surface area contributed by atoms with E-state index in [2.05, 4.69) is 100 Å². The summed E-state index contributed by atoms with van der Waals surface area (Å²) >= 11 is 6.94. The molecule has 3 rings (SSSR count). The molecule has 0 N–H and O–H groups in total. The molecule has 0 spiro atoms. The number of halogens is 2. The van der Waals surface area contributed by atoms with E-state index in [1.54, 1.807) is 0 Å². The van der Waals surface area contributed by atoms with Crippen molar-refractivity contribution in [3.8, 4) is 5.69 Å². The predicted molar refractivity (Wildman–Crippen MR) is 90.9 cm³/mol. The SMILES string of the molecule is Cn1ccn(-c2ccccc2)[c]1=[Pt].IN(I)C1CC1. The zero-order valence-corrected chi connectivity index (χ0v) is 17.0. The molecule has 1 aliphatic rings. The number of aromatic nitrogens is 2. The summed E-state index contributed by atoms with van der Waals surface area (Å²) in [6.07, 6.45) is 6.94. The smallest absolute Gasteiger partial charge is 0.0311 e. The molecule has 2 aromatic rings. The van der Waals surface area contributed by atoms with Crippen molar-refractivity contribution < 1.29 is 19.4 Å². The Hall–Kier alpha value is 0.538. The Morgan fingerprint density at radius 3 is 2.16 bits per heavy atom. The number of aryl methyl sites for hydroxylation is 1. The predicted octanol–water partition coefficient (Wildman–Crippen LogP) is 4.05. The molecule has 0 atom stereocenters. The average Bonchev–Trinajstić information content (AvgIpc) is 3.20. The molecule has 1 saturated carbocycles. The van der Waals surface area contributed by atoms with Gasteiger partial charge in [0.25, 0.3) is 0 Å². The van der Waals surface area contributed by atoms with Gasteiger partial charge in [0.15, 0.2) is 0 Å². The van der Waals surface area contributed by atoms with Crippen molar-refractivity contribution in [2.75, 3.05) is 0 Å². The van der Waals surface area contributed by atoms with Crippen LogP contribution in [-0.4, -0.2) is 16.5 Å². The number of nitrogens with zero attached hydrogens (tertiary/aromatic N) is 3. The minimum Gasteiger partial charge on any atom is -0.185 e. The van der Waals surface area contributed by atoms with Crippen molar-refractivity contribution in [2.45, 2.75) is 18.9 Å². The largest absolute Gasteiger partial charge is 0.185 e. The summed E-state index contributed by atoms with van der Waals surface area (Å²) < 4.78 is 7.66. The monoisotopic (exact) mass is 662 g/mol. The fourth-order valence-electron chi connectivity index (χ4n) is 1.49. The van der Waals surface area contributed by atoms with Crippen LogP contribution in [0.2, 0.25) is 0 Å². The van der Waals surface area contributed by atoms with Crippen molar-refractivity contribution in [1.29, 1.82) is 0 Å². The summed E-state index contributed by atoms with van der Waals surface area (Å²) in [6, 6.07) is 11.2. The van der Waals surface area contributed by atoms with Gasteiger partial charge < -0.3 is 0 Å². The Bertz CT molecular complexity index is 573. The van der Waals surface area contributed by atoms with E-state index in [9.17, 15) is 0 Å². The van der Waals surface area contributed by atoms with Crippen LogP contribution < -0.4 is 0 Å². The molecule has 1 fully saturated rings.